The Morgan fingerprint density at radius 3 is 2.36 bits per heavy atom. The first kappa shape index (κ1) is 21.9. The van der Waals surface area contributed by atoms with Crippen LogP contribution in [0.3, 0.4) is 0 Å². The van der Waals surface area contributed by atoms with Crippen LogP contribution in [0.5, 0.6) is 0 Å². The minimum atomic E-state index is 0.463. The summed E-state index contributed by atoms with van der Waals surface area (Å²) in [6.07, 6.45) is 16.5. The van der Waals surface area contributed by atoms with Gasteiger partial charge in [-0.2, -0.15) is 0 Å². The number of aliphatic imine (C=N–C) groups is 1. The van der Waals surface area contributed by atoms with E-state index < -0.39 is 0 Å². The molecule has 1 aliphatic carbocycles. The molecule has 0 amide bonds. The van der Waals surface area contributed by atoms with E-state index >= 15 is 0 Å². The fraction of sp³-hybridized carbons (Fsp3) is 0.957. The van der Waals surface area contributed by atoms with Gasteiger partial charge in [0, 0.05) is 33.3 Å². The van der Waals surface area contributed by atoms with Gasteiger partial charge in [-0.1, -0.05) is 25.7 Å². The van der Waals surface area contributed by atoms with Gasteiger partial charge in [-0.3, -0.25) is 4.99 Å². The van der Waals surface area contributed by atoms with E-state index in [2.05, 4.69) is 20.1 Å². The van der Waals surface area contributed by atoms with Crippen molar-refractivity contribution < 1.29 is 4.74 Å². The summed E-state index contributed by atoms with van der Waals surface area (Å²) in [6.45, 7) is 8.13. The zero-order chi connectivity index (χ0) is 19.4. The summed E-state index contributed by atoms with van der Waals surface area (Å²) in [5.41, 5.74) is 0. The van der Waals surface area contributed by atoms with E-state index in [1.807, 2.05) is 7.05 Å². The van der Waals surface area contributed by atoms with Crippen LogP contribution in [0.1, 0.15) is 77.0 Å². The van der Waals surface area contributed by atoms with E-state index in [0.717, 1.165) is 51.0 Å². The highest BCUT2D eigenvalue weighted by molar-refractivity contribution is 5.79. The van der Waals surface area contributed by atoms with Crippen LogP contribution >= 0.6 is 0 Å². The van der Waals surface area contributed by atoms with Crippen molar-refractivity contribution in [1.29, 1.82) is 0 Å². The molecule has 0 atom stereocenters. The van der Waals surface area contributed by atoms with Gasteiger partial charge in [0.1, 0.15) is 0 Å². The number of hydrogen-bond donors (Lipinski definition) is 1. The molecule has 28 heavy (non-hydrogen) atoms. The average Bonchev–Trinajstić information content (AvgIpc) is 3.27. The predicted octanol–water partition coefficient (Wildman–Crippen LogP) is 3.89. The van der Waals surface area contributed by atoms with Gasteiger partial charge in [-0.25, -0.2) is 0 Å². The van der Waals surface area contributed by atoms with Gasteiger partial charge in [0.2, 0.25) is 0 Å². The molecular weight excluding hydrogens is 348 g/mol. The first-order chi connectivity index (χ1) is 13.8. The SMILES string of the molecule is CN=C(NCCCCCN1CCCCC1)N1CCC(OCC2CCCC2)CC1. The van der Waals surface area contributed by atoms with Crippen LogP contribution in [-0.4, -0.2) is 74.8 Å². The Morgan fingerprint density at radius 1 is 0.893 bits per heavy atom. The number of piperidine rings is 2. The van der Waals surface area contributed by atoms with Gasteiger partial charge >= 0.3 is 0 Å². The molecule has 0 bridgehead atoms. The normalized spacial score (nSPS) is 23.5. The van der Waals surface area contributed by atoms with Crippen molar-refractivity contribution >= 4 is 5.96 Å². The number of rotatable bonds is 9. The van der Waals surface area contributed by atoms with Gasteiger partial charge < -0.3 is 19.9 Å². The Morgan fingerprint density at radius 2 is 1.64 bits per heavy atom. The molecule has 0 spiro atoms. The number of ether oxygens (including phenoxy) is 1. The second-order valence-corrected chi connectivity index (χ2v) is 9.11. The maximum atomic E-state index is 6.21. The van der Waals surface area contributed by atoms with Gasteiger partial charge in [-0.15, -0.1) is 0 Å². The van der Waals surface area contributed by atoms with Crippen molar-refractivity contribution in [1.82, 2.24) is 15.1 Å². The van der Waals surface area contributed by atoms with Gasteiger partial charge in [0.05, 0.1) is 6.10 Å². The van der Waals surface area contributed by atoms with E-state index in [1.54, 1.807) is 0 Å². The number of unbranched alkanes of at least 4 members (excludes halogenated alkanes) is 2. The summed E-state index contributed by atoms with van der Waals surface area (Å²) in [6, 6.07) is 0. The molecule has 162 valence electrons. The van der Waals surface area contributed by atoms with Crippen molar-refractivity contribution in [2.45, 2.75) is 83.2 Å². The maximum Gasteiger partial charge on any atom is 0.193 e. The third kappa shape index (κ3) is 7.55. The number of nitrogens with zero attached hydrogens (tertiary/aromatic N) is 3. The molecule has 5 heteroatoms. The average molecular weight is 393 g/mol. The standard InChI is InChI=1S/C23H44N4O/c1-24-23(25-14-6-2-7-15-26-16-8-3-9-17-26)27-18-12-22(13-19-27)28-20-21-10-4-5-11-21/h21-22H,2-20H2,1H3,(H,24,25). The van der Waals surface area contributed by atoms with Gasteiger partial charge in [-0.05, 0) is 76.9 Å². The third-order valence-electron chi connectivity index (χ3n) is 6.88. The first-order valence-corrected chi connectivity index (χ1v) is 12.1. The van der Waals surface area contributed by atoms with E-state index in [9.17, 15) is 0 Å². The van der Waals surface area contributed by atoms with Crippen molar-refractivity contribution in [2.75, 3.05) is 52.9 Å². The Kier molecular flexibility index (Phi) is 9.92. The Hall–Kier alpha value is -0.810. The summed E-state index contributed by atoms with van der Waals surface area (Å²) in [5.74, 6) is 1.92. The Labute approximate surface area is 173 Å². The van der Waals surface area contributed by atoms with Crippen LogP contribution in [0.25, 0.3) is 0 Å². The van der Waals surface area contributed by atoms with E-state index in [4.69, 9.17) is 4.74 Å². The minimum Gasteiger partial charge on any atom is -0.378 e. The number of likely N-dealkylation sites (tertiary alicyclic amines) is 2. The smallest absolute Gasteiger partial charge is 0.193 e. The summed E-state index contributed by atoms with van der Waals surface area (Å²) < 4.78 is 6.21. The lowest BCUT2D eigenvalue weighted by Crippen LogP contribution is -2.47. The van der Waals surface area contributed by atoms with Crippen molar-refractivity contribution in [3.63, 3.8) is 0 Å². The van der Waals surface area contributed by atoms with Crippen LogP contribution in [0.15, 0.2) is 4.99 Å². The van der Waals surface area contributed by atoms with Gasteiger partial charge in [0.25, 0.3) is 0 Å². The lowest BCUT2D eigenvalue weighted by molar-refractivity contribution is 0.00102. The summed E-state index contributed by atoms with van der Waals surface area (Å²) in [7, 11) is 1.92. The van der Waals surface area contributed by atoms with Crippen LogP contribution in [-0.2, 0) is 4.74 Å². The fourth-order valence-corrected chi connectivity index (χ4v) is 5.04. The molecule has 3 aliphatic rings. The van der Waals surface area contributed by atoms with Crippen molar-refractivity contribution in [3.05, 3.63) is 0 Å². The molecule has 0 aromatic rings. The molecule has 0 aromatic heterocycles. The second-order valence-electron chi connectivity index (χ2n) is 9.11. The molecule has 1 saturated carbocycles. The molecule has 3 fully saturated rings. The van der Waals surface area contributed by atoms with Crippen LogP contribution in [0.2, 0.25) is 0 Å². The molecule has 0 radical (unpaired) electrons. The topological polar surface area (TPSA) is 40.1 Å². The highest BCUT2D eigenvalue weighted by Gasteiger charge is 2.23. The molecule has 0 unspecified atom stereocenters. The first-order valence-electron chi connectivity index (χ1n) is 12.1. The van der Waals surface area contributed by atoms with Crippen LogP contribution < -0.4 is 5.32 Å². The highest BCUT2D eigenvalue weighted by Crippen LogP contribution is 2.26. The van der Waals surface area contributed by atoms with Crippen molar-refractivity contribution in [3.8, 4) is 0 Å². The highest BCUT2D eigenvalue weighted by atomic mass is 16.5. The summed E-state index contributed by atoms with van der Waals surface area (Å²) in [5, 5.41) is 3.59. The molecular formula is C23H44N4O. The van der Waals surface area contributed by atoms with E-state index in [-0.39, 0.29) is 0 Å². The zero-order valence-corrected chi connectivity index (χ0v) is 18.3. The molecule has 2 aliphatic heterocycles. The van der Waals surface area contributed by atoms with Crippen LogP contribution in [0, 0.1) is 5.92 Å². The lowest BCUT2D eigenvalue weighted by atomic mass is 10.1. The van der Waals surface area contributed by atoms with Crippen molar-refractivity contribution in [2.24, 2.45) is 10.9 Å². The molecule has 5 nitrogen and oxygen atoms in total. The lowest BCUT2D eigenvalue weighted by Gasteiger charge is -2.34. The molecule has 1 N–H and O–H groups in total. The fourth-order valence-electron chi connectivity index (χ4n) is 5.04. The number of hydrogen-bond acceptors (Lipinski definition) is 3. The molecule has 2 saturated heterocycles. The van der Waals surface area contributed by atoms with Gasteiger partial charge in [0.15, 0.2) is 5.96 Å². The monoisotopic (exact) mass is 392 g/mol. The Balaban J connectivity index is 1.22. The molecule has 3 rings (SSSR count). The number of guanidine groups is 1. The number of nitrogens with one attached hydrogen (secondary N) is 1. The zero-order valence-electron chi connectivity index (χ0n) is 18.3. The van der Waals surface area contributed by atoms with E-state index in [1.165, 1.54) is 83.8 Å². The largest absolute Gasteiger partial charge is 0.378 e. The second kappa shape index (κ2) is 12.7. The van der Waals surface area contributed by atoms with E-state index in [0.29, 0.717) is 6.10 Å². The summed E-state index contributed by atoms with van der Waals surface area (Å²) in [4.78, 5) is 9.59. The minimum absolute atomic E-state index is 0.463. The summed E-state index contributed by atoms with van der Waals surface area (Å²) >= 11 is 0. The molecule has 2 heterocycles. The molecule has 0 aromatic carbocycles. The predicted molar refractivity (Wildman–Crippen MR) is 118 cm³/mol. The maximum absolute atomic E-state index is 6.21. The quantitative estimate of drug-likeness (QED) is 0.367. The Bertz CT molecular complexity index is 436. The third-order valence-corrected chi connectivity index (χ3v) is 6.88. The van der Waals surface area contributed by atoms with Crippen LogP contribution in [0.4, 0.5) is 0 Å².